The van der Waals surface area contributed by atoms with Crippen molar-refractivity contribution in [2.45, 2.75) is 32.4 Å². The Morgan fingerprint density at radius 1 is 1.11 bits per heavy atom. The Kier molecular flexibility index (Phi) is 4.81. The molecule has 0 saturated carbocycles. The molecule has 1 saturated heterocycles. The van der Waals surface area contributed by atoms with Crippen molar-refractivity contribution >= 4 is 10.9 Å². The molecule has 2 aromatic carbocycles. The lowest BCUT2D eigenvalue weighted by molar-refractivity contribution is 0.0792. The van der Waals surface area contributed by atoms with Crippen LogP contribution < -0.4 is 5.56 Å². The van der Waals surface area contributed by atoms with Crippen molar-refractivity contribution in [3.63, 3.8) is 0 Å². The summed E-state index contributed by atoms with van der Waals surface area (Å²) in [5.41, 5.74) is 4.11. The van der Waals surface area contributed by atoms with Crippen LogP contribution in [0, 0.1) is 6.92 Å². The van der Waals surface area contributed by atoms with Crippen LogP contribution in [-0.2, 0) is 13.6 Å². The van der Waals surface area contributed by atoms with Gasteiger partial charge in [-0.2, -0.15) is 0 Å². The van der Waals surface area contributed by atoms with Crippen LogP contribution in [0.25, 0.3) is 22.0 Å². The molecule has 5 heteroatoms. The van der Waals surface area contributed by atoms with E-state index in [0.717, 1.165) is 49.1 Å². The maximum atomic E-state index is 12.6. The topological polar surface area (TPSA) is 58.4 Å². The summed E-state index contributed by atoms with van der Waals surface area (Å²) in [6.45, 7) is 4.60. The maximum Gasteiger partial charge on any atom is 0.261 e. The minimum atomic E-state index is -0.148. The van der Waals surface area contributed by atoms with Crippen LogP contribution in [0.5, 0.6) is 0 Å². The number of nitrogens with zero attached hydrogens (tertiary/aromatic N) is 3. The summed E-state index contributed by atoms with van der Waals surface area (Å²) in [6.07, 6.45) is 1.55. The molecule has 1 aliphatic rings. The molecule has 4 rings (SSSR count). The summed E-state index contributed by atoms with van der Waals surface area (Å²) in [5.74, 6) is 0.717. The third-order valence-corrected chi connectivity index (χ3v) is 5.52. The van der Waals surface area contributed by atoms with Crippen LogP contribution in [0.4, 0.5) is 0 Å². The van der Waals surface area contributed by atoms with Gasteiger partial charge in [0.05, 0.1) is 17.0 Å². The first-order chi connectivity index (χ1) is 13.0. The Labute approximate surface area is 158 Å². The summed E-state index contributed by atoms with van der Waals surface area (Å²) in [6, 6.07) is 14.4. The highest BCUT2D eigenvalue weighted by Crippen LogP contribution is 2.24. The number of rotatable bonds is 3. The number of hydrogen-bond acceptors (Lipinski definition) is 4. The normalized spacial score (nSPS) is 16.1. The Balaban J connectivity index is 1.64. The van der Waals surface area contributed by atoms with E-state index in [1.165, 1.54) is 5.56 Å². The van der Waals surface area contributed by atoms with Gasteiger partial charge in [-0.05, 0) is 54.7 Å². The fourth-order valence-corrected chi connectivity index (χ4v) is 3.75. The lowest BCUT2D eigenvalue weighted by Crippen LogP contribution is -2.35. The number of fused-ring (bicyclic) bond motifs is 1. The Bertz CT molecular complexity index is 1030. The molecule has 0 unspecified atom stereocenters. The Hall–Kier alpha value is -2.50. The number of aliphatic hydroxyl groups is 1. The van der Waals surface area contributed by atoms with Gasteiger partial charge in [0.15, 0.2) is 0 Å². The monoisotopic (exact) mass is 363 g/mol. The molecule has 0 aliphatic carbocycles. The van der Waals surface area contributed by atoms with E-state index in [1.54, 1.807) is 11.6 Å². The minimum absolute atomic E-state index is 0.0117. The molecule has 1 aromatic heterocycles. The molecule has 0 amide bonds. The smallest absolute Gasteiger partial charge is 0.261 e. The van der Waals surface area contributed by atoms with Gasteiger partial charge in [0, 0.05) is 26.7 Å². The first kappa shape index (κ1) is 17.9. The van der Waals surface area contributed by atoms with E-state index in [2.05, 4.69) is 34.1 Å². The molecule has 0 radical (unpaired) electrons. The summed E-state index contributed by atoms with van der Waals surface area (Å²) < 4.78 is 1.59. The van der Waals surface area contributed by atoms with Crippen LogP contribution in [0.15, 0.2) is 47.3 Å². The summed E-state index contributed by atoms with van der Waals surface area (Å²) in [7, 11) is 1.76. The van der Waals surface area contributed by atoms with Crippen LogP contribution in [0.3, 0.4) is 0 Å². The summed E-state index contributed by atoms with van der Waals surface area (Å²) in [5, 5.41) is 10.3. The minimum Gasteiger partial charge on any atom is -0.393 e. The molecule has 27 heavy (non-hydrogen) atoms. The van der Waals surface area contributed by atoms with E-state index in [9.17, 15) is 9.90 Å². The quantitative estimate of drug-likeness (QED) is 0.777. The number of aryl methyl sites for hydroxylation is 1. The number of benzene rings is 2. The number of aliphatic hydroxyl groups excluding tert-OH is 1. The maximum absolute atomic E-state index is 12.6. The average Bonchev–Trinajstić information content (AvgIpc) is 2.68. The Morgan fingerprint density at radius 3 is 2.63 bits per heavy atom. The Morgan fingerprint density at radius 2 is 1.85 bits per heavy atom. The zero-order chi connectivity index (χ0) is 19.0. The van der Waals surface area contributed by atoms with Gasteiger partial charge in [0.2, 0.25) is 0 Å². The zero-order valence-corrected chi connectivity index (χ0v) is 15.9. The molecule has 1 fully saturated rings. The third-order valence-electron chi connectivity index (χ3n) is 5.52. The molecule has 3 aromatic rings. The van der Waals surface area contributed by atoms with Crippen LogP contribution in [0.1, 0.15) is 24.2 Å². The number of aromatic nitrogens is 2. The largest absolute Gasteiger partial charge is 0.393 e. The van der Waals surface area contributed by atoms with Gasteiger partial charge in [-0.25, -0.2) is 4.98 Å². The fraction of sp³-hybridized carbons (Fsp3) is 0.364. The van der Waals surface area contributed by atoms with Crippen molar-refractivity contribution in [2.75, 3.05) is 13.1 Å². The summed E-state index contributed by atoms with van der Waals surface area (Å²) >= 11 is 0. The third kappa shape index (κ3) is 3.66. The highest BCUT2D eigenvalue weighted by molar-refractivity contribution is 5.84. The van der Waals surface area contributed by atoms with Gasteiger partial charge in [-0.3, -0.25) is 14.3 Å². The molecule has 0 spiro atoms. The molecule has 0 bridgehead atoms. The molecule has 2 heterocycles. The fourth-order valence-electron chi connectivity index (χ4n) is 3.75. The second kappa shape index (κ2) is 7.25. The SMILES string of the molecule is Cc1nc2ccc(-c3cccc(CN4CCC(O)CC4)c3)cc2c(=O)n1C. The second-order valence-electron chi connectivity index (χ2n) is 7.46. The van der Waals surface area contributed by atoms with E-state index >= 15 is 0 Å². The zero-order valence-electron chi connectivity index (χ0n) is 15.9. The number of hydrogen-bond donors (Lipinski definition) is 1. The van der Waals surface area contributed by atoms with Crippen LogP contribution in [0.2, 0.25) is 0 Å². The molecule has 0 atom stereocenters. The predicted molar refractivity (Wildman–Crippen MR) is 108 cm³/mol. The highest BCUT2D eigenvalue weighted by Gasteiger charge is 2.17. The lowest BCUT2D eigenvalue weighted by Gasteiger charge is -2.29. The van der Waals surface area contributed by atoms with E-state index in [-0.39, 0.29) is 11.7 Å². The van der Waals surface area contributed by atoms with Crippen LogP contribution in [-0.4, -0.2) is 38.8 Å². The standard InChI is InChI=1S/C22H25N3O2/c1-15-23-21-7-6-18(13-20(21)22(27)24(15)2)17-5-3-4-16(12-17)14-25-10-8-19(26)9-11-25/h3-7,12-13,19,26H,8-11,14H2,1-2H3. The van der Waals surface area contributed by atoms with Gasteiger partial charge in [-0.1, -0.05) is 24.3 Å². The van der Waals surface area contributed by atoms with Crippen molar-refractivity contribution in [2.24, 2.45) is 7.05 Å². The highest BCUT2D eigenvalue weighted by atomic mass is 16.3. The van der Waals surface area contributed by atoms with Crippen molar-refractivity contribution in [1.82, 2.24) is 14.5 Å². The lowest BCUT2D eigenvalue weighted by atomic mass is 10.0. The molecule has 140 valence electrons. The van der Waals surface area contributed by atoms with Crippen LogP contribution >= 0.6 is 0 Å². The van der Waals surface area contributed by atoms with Crippen molar-refractivity contribution in [1.29, 1.82) is 0 Å². The van der Waals surface area contributed by atoms with E-state index in [0.29, 0.717) is 11.2 Å². The second-order valence-corrected chi connectivity index (χ2v) is 7.46. The van der Waals surface area contributed by atoms with E-state index in [4.69, 9.17) is 0 Å². The predicted octanol–water partition coefficient (Wildman–Crippen LogP) is 2.87. The van der Waals surface area contributed by atoms with Gasteiger partial charge < -0.3 is 5.11 Å². The first-order valence-electron chi connectivity index (χ1n) is 9.48. The first-order valence-corrected chi connectivity index (χ1v) is 9.48. The molecule has 1 N–H and O–H groups in total. The van der Waals surface area contributed by atoms with Gasteiger partial charge in [0.25, 0.3) is 5.56 Å². The number of likely N-dealkylation sites (tertiary alicyclic amines) is 1. The van der Waals surface area contributed by atoms with E-state index < -0.39 is 0 Å². The van der Waals surface area contributed by atoms with Crippen molar-refractivity contribution in [3.05, 3.63) is 64.2 Å². The molecular weight excluding hydrogens is 338 g/mol. The van der Waals surface area contributed by atoms with Gasteiger partial charge in [-0.15, -0.1) is 0 Å². The van der Waals surface area contributed by atoms with Crippen molar-refractivity contribution < 1.29 is 5.11 Å². The summed E-state index contributed by atoms with van der Waals surface area (Å²) in [4.78, 5) is 19.5. The molecule has 5 nitrogen and oxygen atoms in total. The average molecular weight is 363 g/mol. The van der Waals surface area contributed by atoms with E-state index in [1.807, 2.05) is 25.1 Å². The van der Waals surface area contributed by atoms with Gasteiger partial charge in [0.1, 0.15) is 5.82 Å². The molecular formula is C22H25N3O2. The molecule has 1 aliphatic heterocycles. The van der Waals surface area contributed by atoms with Crippen molar-refractivity contribution in [3.8, 4) is 11.1 Å². The van der Waals surface area contributed by atoms with Gasteiger partial charge >= 0.3 is 0 Å². The number of piperidine rings is 1.